The lowest BCUT2D eigenvalue weighted by atomic mass is 10.2. The number of unbranched alkanes of at least 4 members (excludes halogenated alkanes) is 2. The zero-order valence-electron chi connectivity index (χ0n) is 6.28. The van der Waals surface area contributed by atoms with Gasteiger partial charge in [0.1, 0.15) is 0 Å². The largest absolute Gasteiger partial charge is 0.102 e. The molecule has 0 spiro atoms. The second-order valence-electron chi connectivity index (χ2n) is 1.94. The number of rotatable bonds is 3. The van der Waals surface area contributed by atoms with E-state index in [0.29, 0.717) is 0 Å². The monoisotopic (exact) mass is 122 g/mol. The van der Waals surface area contributed by atoms with Gasteiger partial charge in [-0.1, -0.05) is 31.8 Å². The first-order valence-corrected chi connectivity index (χ1v) is 3.49. The van der Waals surface area contributed by atoms with Crippen LogP contribution >= 0.6 is 0 Å². The summed E-state index contributed by atoms with van der Waals surface area (Å²) in [6, 6.07) is 0. The Labute approximate surface area is 58.0 Å². The molecule has 0 aliphatic heterocycles. The maximum atomic E-state index is 2.88. The van der Waals surface area contributed by atoms with Gasteiger partial charge in [-0.25, -0.2) is 0 Å². The van der Waals surface area contributed by atoms with Gasteiger partial charge >= 0.3 is 0 Å². The highest BCUT2D eigenvalue weighted by molar-refractivity contribution is 5.13. The molecule has 0 unspecified atom stereocenters. The van der Waals surface area contributed by atoms with E-state index in [2.05, 4.69) is 24.8 Å². The van der Waals surface area contributed by atoms with E-state index >= 15 is 0 Å². The SMILES string of the molecule is CC#C/C=C/CCCC. The van der Waals surface area contributed by atoms with Gasteiger partial charge < -0.3 is 0 Å². The minimum atomic E-state index is 1.17. The van der Waals surface area contributed by atoms with Crippen LogP contribution in [0.3, 0.4) is 0 Å². The van der Waals surface area contributed by atoms with Crippen molar-refractivity contribution in [3.8, 4) is 11.8 Å². The molecule has 0 heterocycles. The molecule has 0 amide bonds. The van der Waals surface area contributed by atoms with Crippen molar-refractivity contribution in [3.05, 3.63) is 12.2 Å². The molecule has 0 aliphatic rings. The molecular formula is C9H14. The van der Waals surface area contributed by atoms with E-state index < -0.39 is 0 Å². The quantitative estimate of drug-likeness (QED) is 0.399. The maximum Gasteiger partial charge on any atom is -0.00235 e. The normalized spacial score (nSPS) is 9.11. The van der Waals surface area contributed by atoms with Crippen LogP contribution in [0.1, 0.15) is 33.1 Å². The fourth-order valence-electron chi connectivity index (χ4n) is 0.548. The lowest BCUT2D eigenvalue weighted by Gasteiger charge is -1.83. The number of hydrogen-bond donors (Lipinski definition) is 0. The fourth-order valence-corrected chi connectivity index (χ4v) is 0.548. The maximum absolute atomic E-state index is 2.88. The molecule has 0 atom stereocenters. The predicted octanol–water partition coefficient (Wildman–Crippen LogP) is 2.76. The summed E-state index contributed by atoms with van der Waals surface area (Å²) in [5, 5.41) is 0. The van der Waals surface area contributed by atoms with Crippen LogP contribution in [0, 0.1) is 11.8 Å². The first-order chi connectivity index (χ1) is 4.41. The van der Waals surface area contributed by atoms with Crippen LogP contribution in [-0.4, -0.2) is 0 Å². The summed E-state index contributed by atoms with van der Waals surface area (Å²) < 4.78 is 0. The zero-order chi connectivity index (χ0) is 6.95. The van der Waals surface area contributed by atoms with Crippen molar-refractivity contribution in [2.24, 2.45) is 0 Å². The van der Waals surface area contributed by atoms with Crippen molar-refractivity contribution in [3.63, 3.8) is 0 Å². The molecule has 50 valence electrons. The molecule has 0 N–H and O–H groups in total. The predicted molar refractivity (Wildman–Crippen MR) is 42.1 cm³/mol. The Balaban J connectivity index is 3.11. The van der Waals surface area contributed by atoms with E-state index in [0.717, 1.165) is 0 Å². The third kappa shape index (κ3) is 7.30. The van der Waals surface area contributed by atoms with Crippen LogP contribution in [0.5, 0.6) is 0 Å². The summed E-state index contributed by atoms with van der Waals surface area (Å²) in [6.45, 7) is 4.05. The minimum Gasteiger partial charge on any atom is -0.102 e. The highest BCUT2D eigenvalue weighted by Gasteiger charge is 1.74. The molecule has 0 aromatic carbocycles. The molecule has 0 fully saturated rings. The van der Waals surface area contributed by atoms with Crippen molar-refractivity contribution >= 4 is 0 Å². The molecule has 0 radical (unpaired) electrons. The van der Waals surface area contributed by atoms with Gasteiger partial charge in [0.2, 0.25) is 0 Å². The van der Waals surface area contributed by atoms with Crippen molar-refractivity contribution < 1.29 is 0 Å². The summed E-state index contributed by atoms with van der Waals surface area (Å²) in [5.74, 6) is 5.68. The van der Waals surface area contributed by atoms with E-state index in [1.165, 1.54) is 19.3 Å². The minimum absolute atomic E-state index is 1.17. The molecule has 0 aromatic heterocycles. The molecule has 0 bridgehead atoms. The van der Waals surface area contributed by atoms with E-state index in [-0.39, 0.29) is 0 Å². The number of hydrogen-bond acceptors (Lipinski definition) is 0. The van der Waals surface area contributed by atoms with Crippen LogP contribution in [-0.2, 0) is 0 Å². The van der Waals surface area contributed by atoms with Gasteiger partial charge in [-0.05, 0) is 19.4 Å². The summed E-state index contributed by atoms with van der Waals surface area (Å²) in [4.78, 5) is 0. The summed E-state index contributed by atoms with van der Waals surface area (Å²) >= 11 is 0. The molecule has 0 aliphatic carbocycles. The van der Waals surface area contributed by atoms with Crippen molar-refractivity contribution in [1.29, 1.82) is 0 Å². The van der Waals surface area contributed by atoms with Gasteiger partial charge in [0.05, 0.1) is 0 Å². The Kier molecular flexibility index (Phi) is 6.73. The average Bonchev–Trinajstić information content (AvgIpc) is 1.89. The average molecular weight is 122 g/mol. The smallest absolute Gasteiger partial charge is 0.00235 e. The van der Waals surface area contributed by atoms with Gasteiger partial charge in [0.15, 0.2) is 0 Å². The van der Waals surface area contributed by atoms with Gasteiger partial charge in [-0.2, -0.15) is 0 Å². The summed E-state index contributed by atoms with van der Waals surface area (Å²) in [5.41, 5.74) is 0. The third-order valence-corrected chi connectivity index (χ3v) is 1.07. The van der Waals surface area contributed by atoms with Gasteiger partial charge in [0.25, 0.3) is 0 Å². The van der Waals surface area contributed by atoms with E-state index in [1.54, 1.807) is 0 Å². The van der Waals surface area contributed by atoms with E-state index in [1.807, 2.05) is 13.0 Å². The van der Waals surface area contributed by atoms with Gasteiger partial charge in [0, 0.05) is 0 Å². The molecule has 0 rings (SSSR count). The summed E-state index contributed by atoms with van der Waals surface area (Å²) in [7, 11) is 0. The molecule has 0 saturated carbocycles. The van der Waals surface area contributed by atoms with Crippen LogP contribution in [0.15, 0.2) is 12.2 Å². The van der Waals surface area contributed by atoms with Gasteiger partial charge in [-0.15, -0.1) is 5.92 Å². The standard InChI is InChI=1S/C9H14/c1-3-5-7-9-8-6-4-2/h8-9H,3,5,7H2,1-2H3/b9-8+. The first kappa shape index (κ1) is 8.30. The lowest BCUT2D eigenvalue weighted by molar-refractivity contribution is 0.815. The van der Waals surface area contributed by atoms with Gasteiger partial charge in [-0.3, -0.25) is 0 Å². The topological polar surface area (TPSA) is 0 Å². The Morgan fingerprint density at radius 1 is 1.44 bits per heavy atom. The second-order valence-corrected chi connectivity index (χ2v) is 1.94. The van der Waals surface area contributed by atoms with Crippen LogP contribution in [0.25, 0.3) is 0 Å². The van der Waals surface area contributed by atoms with Crippen molar-refractivity contribution in [1.82, 2.24) is 0 Å². The molecule has 9 heavy (non-hydrogen) atoms. The molecule has 0 saturated heterocycles. The molecule has 0 heteroatoms. The van der Waals surface area contributed by atoms with Crippen LogP contribution in [0.2, 0.25) is 0 Å². The van der Waals surface area contributed by atoms with Crippen LogP contribution in [0.4, 0.5) is 0 Å². The highest BCUT2D eigenvalue weighted by Crippen LogP contribution is 1.93. The lowest BCUT2D eigenvalue weighted by Crippen LogP contribution is -1.64. The fraction of sp³-hybridized carbons (Fsp3) is 0.556. The molecular weight excluding hydrogens is 108 g/mol. The number of allylic oxidation sites excluding steroid dienone is 2. The first-order valence-electron chi connectivity index (χ1n) is 3.49. The van der Waals surface area contributed by atoms with E-state index in [9.17, 15) is 0 Å². The Morgan fingerprint density at radius 3 is 2.78 bits per heavy atom. The highest BCUT2D eigenvalue weighted by atomic mass is 13.8. The van der Waals surface area contributed by atoms with Crippen molar-refractivity contribution in [2.75, 3.05) is 0 Å². The van der Waals surface area contributed by atoms with Crippen molar-refractivity contribution in [2.45, 2.75) is 33.1 Å². The third-order valence-electron chi connectivity index (χ3n) is 1.07. The van der Waals surface area contributed by atoms with Crippen LogP contribution < -0.4 is 0 Å². The Morgan fingerprint density at radius 2 is 2.22 bits per heavy atom. The Bertz CT molecular complexity index is 121. The molecule has 0 aromatic rings. The van der Waals surface area contributed by atoms with E-state index in [4.69, 9.17) is 0 Å². The summed E-state index contributed by atoms with van der Waals surface area (Å²) in [6.07, 6.45) is 7.77. The zero-order valence-corrected chi connectivity index (χ0v) is 6.28. The molecule has 0 nitrogen and oxygen atoms in total. The second kappa shape index (κ2) is 7.30. The Hall–Kier alpha value is -0.700.